The first-order valence-electron chi connectivity index (χ1n) is 4.30. The molecule has 0 fully saturated rings. The Labute approximate surface area is 89.8 Å². The summed E-state index contributed by atoms with van der Waals surface area (Å²) >= 11 is 0. The van der Waals surface area contributed by atoms with Crippen molar-refractivity contribution in [2.24, 2.45) is 0 Å². The molecule has 3 amide bonds. The highest BCUT2D eigenvalue weighted by atomic mass is 19.1. The maximum absolute atomic E-state index is 13.1. The minimum atomic E-state index is -0.726. The monoisotopic (exact) mass is 229 g/mol. The average Bonchev–Trinajstić information content (AvgIpc) is 2.27. The van der Waals surface area contributed by atoms with Crippen LogP contribution < -0.4 is 16.2 Å². The van der Waals surface area contributed by atoms with Crippen molar-refractivity contribution < 1.29 is 18.4 Å². The van der Waals surface area contributed by atoms with Gasteiger partial charge in [0.2, 0.25) is 6.41 Å². The van der Waals surface area contributed by atoms with Gasteiger partial charge in [-0.3, -0.25) is 10.2 Å². The highest BCUT2D eigenvalue weighted by molar-refractivity contribution is 5.74. The number of benzene rings is 1. The summed E-state index contributed by atoms with van der Waals surface area (Å²) in [5.41, 5.74) is 3.87. The molecule has 1 rings (SSSR count). The molecule has 0 radical (unpaired) electrons. The lowest BCUT2D eigenvalue weighted by Crippen LogP contribution is -2.43. The van der Waals surface area contributed by atoms with Crippen molar-refractivity contribution in [1.29, 1.82) is 0 Å². The number of carbonyl (C=O) groups excluding carboxylic acids is 2. The van der Waals surface area contributed by atoms with Crippen molar-refractivity contribution in [3.63, 3.8) is 0 Å². The molecule has 0 saturated heterocycles. The summed E-state index contributed by atoms with van der Waals surface area (Å²) in [7, 11) is 0. The Morgan fingerprint density at radius 1 is 1.38 bits per heavy atom. The molecule has 86 valence electrons. The largest absolute Gasteiger partial charge is 0.333 e. The molecule has 0 heterocycles. The van der Waals surface area contributed by atoms with Gasteiger partial charge in [-0.15, -0.1) is 0 Å². The van der Waals surface area contributed by atoms with Crippen LogP contribution in [0, 0.1) is 11.6 Å². The van der Waals surface area contributed by atoms with Crippen LogP contribution in [0.5, 0.6) is 0 Å². The van der Waals surface area contributed by atoms with Gasteiger partial charge in [-0.1, -0.05) is 0 Å². The van der Waals surface area contributed by atoms with Crippen molar-refractivity contribution >= 4 is 12.4 Å². The number of nitrogens with one attached hydrogen (secondary N) is 3. The molecule has 0 unspecified atom stereocenters. The fourth-order valence-corrected chi connectivity index (χ4v) is 0.993. The molecular formula is C9H9F2N3O2. The van der Waals surface area contributed by atoms with Crippen molar-refractivity contribution in [2.75, 3.05) is 0 Å². The number of hydrogen-bond donors (Lipinski definition) is 3. The first-order chi connectivity index (χ1) is 7.63. The van der Waals surface area contributed by atoms with Gasteiger partial charge in [0.1, 0.15) is 11.6 Å². The van der Waals surface area contributed by atoms with Crippen LogP contribution in [0.3, 0.4) is 0 Å². The normalized spacial score (nSPS) is 9.38. The molecule has 16 heavy (non-hydrogen) atoms. The number of rotatable bonds is 4. The molecule has 0 atom stereocenters. The van der Waals surface area contributed by atoms with E-state index < -0.39 is 17.7 Å². The third-order valence-electron chi connectivity index (χ3n) is 1.69. The average molecular weight is 229 g/mol. The summed E-state index contributed by atoms with van der Waals surface area (Å²) in [6.07, 6.45) is 0.266. The Bertz CT molecular complexity index is 398. The second kappa shape index (κ2) is 5.64. The van der Waals surface area contributed by atoms with E-state index in [9.17, 15) is 18.4 Å². The van der Waals surface area contributed by atoms with Crippen LogP contribution in [-0.4, -0.2) is 12.4 Å². The Kier molecular flexibility index (Phi) is 4.19. The fourth-order valence-electron chi connectivity index (χ4n) is 0.993. The van der Waals surface area contributed by atoms with Crippen molar-refractivity contribution in [3.05, 3.63) is 35.4 Å². The zero-order valence-corrected chi connectivity index (χ0v) is 8.09. The lowest BCUT2D eigenvalue weighted by Gasteiger charge is -2.06. The predicted octanol–water partition coefficient (Wildman–Crippen LogP) is 0.425. The summed E-state index contributed by atoms with van der Waals surface area (Å²) in [5.74, 6) is -1.21. The van der Waals surface area contributed by atoms with E-state index in [0.717, 1.165) is 18.2 Å². The fraction of sp³-hybridized carbons (Fsp3) is 0.111. The van der Waals surface area contributed by atoms with Crippen molar-refractivity contribution in [3.8, 4) is 0 Å². The molecule has 1 aromatic carbocycles. The lowest BCUT2D eigenvalue weighted by atomic mass is 10.2. The summed E-state index contributed by atoms with van der Waals surface area (Å²) < 4.78 is 25.8. The van der Waals surface area contributed by atoms with Crippen LogP contribution in [0.4, 0.5) is 13.6 Å². The third-order valence-corrected chi connectivity index (χ3v) is 1.69. The van der Waals surface area contributed by atoms with Crippen molar-refractivity contribution in [1.82, 2.24) is 16.2 Å². The first kappa shape index (κ1) is 11.9. The third kappa shape index (κ3) is 3.52. The molecule has 0 saturated carbocycles. The molecule has 0 aliphatic carbocycles. The quantitative estimate of drug-likeness (QED) is 0.517. The number of urea groups is 1. The van der Waals surface area contributed by atoms with Crippen LogP contribution in [0.25, 0.3) is 0 Å². The summed E-state index contributed by atoms with van der Waals surface area (Å²) in [5, 5.41) is 2.22. The standard InChI is InChI=1S/C9H9F2N3O2/c10-7-1-2-8(11)6(3-7)4-12-9(16)14-13-5-15/h1-3,5H,4H2,(H,13,15)(H2,12,14,16). The van der Waals surface area contributed by atoms with E-state index in [-0.39, 0.29) is 18.5 Å². The van der Waals surface area contributed by atoms with Gasteiger partial charge in [0.15, 0.2) is 0 Å². The van der Waals surface area contributed by atoms with E-state index in [1.54, 1.807) is 0 Å². The van der Waals surface area contributed by atoms with Gasteiger partial charge >= 0.3 is 6.03 Å². The molecule has 0 spiro atoms. The molecule has 7 heteroatoms. The van der Waals surface area contributed by atoms with Gasteiger partial charge in [-0.05, 0) is 18.2 Å². The van der Waals surface area contributed by atoms with Crippen LogP contribution in [0.1, 0.15) is 5.56 Å². The van der Waals surface area contributed by atoms with E-state index in [1.807, 2.05) is 10.9 Å². The number of carbonyl (C=O) groups is 2. The van der Waals surface area contributed by atoms with E-state index in [2.05, 4.69) is 5.32 Å². The van der Waals surface area contributed by atoms with Gasteiger partial charge in [-0.2, -0.15) is 0 Å². The van der Waals surface area contributed by atoms with Crippen LogP contribution in [0.2, 0.25) is 0 Å². The molecule has 5 nitrogen and oxygen atoms in total. The second-order valence-corrected chi connectivity index (χ2v) is 2.81. The van der Waals surface area contributed by atoms with E-state index in [4.69, 9.17) is 0 Å². The zero-order chi connectivity index (χ0) is 12.0. The Hall–Kier alpha value is -2.18. The maximum atomic E-state index is 13.1. The predicted molar refractivity (Wildman–Crippen MR) is 50.9 cm³/mol. The van der Waals surface area contributed by atoms with Crippen LogP contribution in [0.15, 0.2) is 18.2 Å². The number of hydrazine groups is 1. The summed E-state index contributed by atoms with van der Waals surface area (Å²) in [4.78, 5) is 20.7. The van der Waals surface area contributed by atoms with Gasteiger partial charge < -0.3 is 5.32 Å². The number of halogens is 2. The molecule has 3 N–H and O–H groups in total. The Balaban J connectivity index is 2.50. The van der Waals surface area contributed by atoms with Gasteiger partial charge in [0.25, 0.3) is 0 Å². The highest BCUT2D eigenvalue weighted by Crippen LogP contribution is 2.08. The van der Waals surface area contributed by atoms with E-state index in [0.29, 0.717) is 0 Å². The topological polar surface area (TPSA) is 70.2 Å². The summed E-state index contributed by atoms with van der Waals surface area (Å²) in [6, 6.07) is 2.19. The minimum Gasteiger partial charge on any atom is -0.333 e. The molecule has 0 bridgehead atoms. The Morgan fingerprint density at radius 2 is 2.12 bits per heavy atom. The highest BCUT2D eigenvalue weighted by Gasteiger charge is 2.05. The SMILES string of the molecule is O=CNNC(=O)NCc1cc(F)ccc1F. The molecule has 0 aliphatic rings. The van der Waals surface area contributed by atoms with Crippen LogP contribution >= 0.6 is 0 Å². The second-order valence-electron chi connectivity index (χ2n) is 2.81. The molecule has 0 aliphatic heterocycles. The van der Waals surface area contributed by atoms with Crippen molar-refractivity contribution in [2.45, 2.75) is 6.54 Å². The number of amides is 3. The van der Waals surface area contributed by atoms with Gasteiger partial charge in [-0.25, -0.2) is 19.0 Å². The first-order valence-corrected chi connectivity index (χ1v) is 4.30. The molecular weight excluding hydrogens is 220 g/mol. The summed E-state index contributed by atoms with van der Waals surface area (Å²) in [6.45, 7) is -0.185. The Morgan fingerprint density at radius 3 is 2.81 bits per heavy atom. The minimum absolute atomic E-state index is 0.0150. The molecule has 1 aromatic rings. The van der Waals surface area contributed by atoms with Crippen LogP contribution in [-0.2, 0) is 11.3 Å². The van der Waals surface area contributed by atoms with E-state index in [1.165, 1.54) is 0 Å². The van der Waals surface area contributed by atoms with E-state index >= 15 is 0 Å². The maximum Gasteiger partial charge on any atom is 0.333 e. The van der Waals surface area contributed by atoms with Gasteiger partial charge in [0, 0.05) is 12.1 Å². The lowest BCUT2D eigenvalue weighted by molar-refractivity contribution is -0.110. The smallest absolute Gasteiger partial charge is 0.333 e. The van der Waals surface area contributed by atoms with Gasteiger partial charge in [0.05, 0.1) is 0 Å². The number of hydrogen-bond acceptors (Lipinski definition) is 2. The molecule has 0 aromatic heterocycles. The zero-order valence-electron chi connectivity index (χ0n) is 8.09.